The Balaban J connectivity index is 2.58. The molecule has 1 aromatic rings. The fourth-order valence-electron chi connectivity index (χ4n) is 0.907. The molecule has 1 rings (SSSR count). The van der Waals surface area contributed by atoms with Crippen LogP contribution in [0.15, 0.2) is 12.1 Å². The molecule has 1 nitrogen and oxygen atoms in total. The lowest BCUT2D eigenvalue weighted by Crippen LogP contribution is -2.08. The van der Waals surface area contributed by atoms with Crippen LogP contribution >= 0.6 is 22.9 Å². The van der Waals surface area contributed by atoms with E-state index in [0.29, 0.717) is 0 Å². The number of carbonyl (C=O) groups excluding carboxylic acids is 1. The maximum atomic E-state index is 10.9. The van der Waals surface area contributed by atoms with E-state index >= 15 is 0 Å². The molecule has 0 spiro atoms. The quantitative estimate of drug-likeness (QED) is 0.736. The third kappa shape index (κ3) is 2.61. The molecule has 0 aromatic carbocycles. The van der Waals surface area contributed by atoms with Crippen molar-refractivity contribution in [3.63, 3.8) is 0 Å². The Kier molecular flexibility index (Phi) is 3.29. The maximum absolute atomic E-state index is 10.9. The number of halogens is 1. The number of thiophene rings is 1. The fraction of sp³-hybridized carbons (Fsp3) is 0.444. The van der Waals surface area contributed by atoms with E-state index in [1.807, 2.05) is 19.1 Å². The Labute approximate surface area is 81.4 Å². The summed E-state index contributed by atoms with van der Waals surface area (Å²) in [5.74, 6) is 0.347. The molecule has 1 heterocycles. The van der Waals surface area contributed by atoms with Gasteiger partial charge < -0.3 is 0 Å². The van der Waals surface area contributed by atoms with Crippen LogP contribution in [0, 0.1) is 5.92 Å². The van der Waals surface area contributed by atoms with Gasteiger partial charge in [0.15, 0.2) is 0 Å². The second-order valence-electron chi connectivity index (χ2n) is 2.92. The fourth-order valence-corrected chi connectivity index (χ4v) is 2.12. The van der Waals surface area contributed by atoms with Gasteiger partial charge in [0.1, 0.15) is 5.78 Å². The molecule has 0 bridgehead atoms. The first-order valence-electron chi connectivity index (χ1n) is 3.84. The monoisotopic (exact) mass is 202 g/mol. The van der Waals surface area contributed by atoms with Crippen LogP contribution in [0.4, 0.5) is 0 Å². The van der Waals surface area contributed by atoms with Crippen molar-refractivity contribution >= 4 is 28.7 Å². The SMILES string of the molecule is CC(=O)C(C)Cc1ccc(Cl)s1. The van der Waals surface area contributed by atoms with Crippen molar-refractivity contribution in [1.29, 1.82) is 0 Å². The summed E-state index contributed by atoms with van der Waals surface area (Å²) in [4.78, 5) is 12.1. The molecule has 1 atom stereocenters. The highest BCUT2D eigenvalue weighted by atomic mass is 35.5. The Morgan fingerprint density at radius 1 is 1.67 bits per heavy atom. The van der Waals surface area contributed by atoms with Gasteiger partial charge in [0.05, 0.1) is 4.34 Å². The highest BCUT2D eigenvalue weighted by Crippen LogP contribution is 2.23. The van der Waals surface area contributed by atoms with Gasteiger partial charge in [-0.25, -0.2) is 0 Å². The van der Waals surface area contributed by atoms with Gasteiger partial charge in [-0.2, -0.15) is 0 Å². The van der Waals surface area contributed by atoms with Crippen molar-refractivity contribution in [2.45, 2.75) is 20.3 Å². The summed E-state index contributed by atoms with van der Waals surface area (Å²) >= 11 is 7.30. The van der Waals surface area contributed by atoms with Crippen LogP contribution in [0.2, 0.25) is 4.34 Å². The highest BCUT2D eigenvalue weighted by molar-refractivity contribution is 7.16. The van der Waals surface area contributed by atoms with Crippen molar-refractivity contribution in [3.8, 4) is 0 Å². The van der Waals surface area contributed by atoms with Gasteiger partial charge in [-0.1, -0.05) is 18.5 Å². The first-order chi connectivity index (χ1) is 5.59. The van der Waals surface area contributed by atoms with Crippen LogP contribution in [0.3, 0.4) is 0 Å². The smallest absolute Gasteiger partial charge is 0.132 e. The zero-order valence-electron chi connectivity index (χ0n) is 7.13. The third-order valence-corrected chi connectivity index (χ3v) is 3.08. The molecule has 0 saturated carbocycles. The third-order valence-electron chi connectivity index (χ3n) is 1.83. The van der Waals surface area contributed by atoms with Crippen molar-refractivity contribution < 1.29 is 4.79 Å². The van der Waals surface area contributed by atoms with Crippen LogP contribution in [0.1, 0.15) is 18.7 Å². The van der Waals surface area contributed by atoms with Gasteiger partial charge >= 0.3 is 0 Å². The highest BCUT2D eigenvalue weighted by Gasteiger charge is 2.09. The van der Waals surface area contributed by atoms with E-state index in [-0.39, 0.29) is 11.7 Å². The molecular formula is C9H11ClOS. The number of hydrogen-bond donors (Lipinski definition) is 0. The minimum absolute atomic E-state index is 0.111. The molecule has 0 N–H and O–H groups in total. The molecule has 0 radical (unpaired) electrons. The van der Waals surface area contributed by atoms with Crippen molar-refractivity contribution in [3.05, 3.63) is 21.3 Å². The Morgan fingerprint density at radius 3 is 2.75 bits per heavy atom. The number of rotatable bonds is 3. The molecule has 0 aliphatic heterocycles. The van der Waals surface area contributed by atoms with Gasteiger partial charge in [0, 0.05) is 10.8 Å². The van der Waals surface area contributed by atoms with Crippen LogP contribution in [0.5, 0.6) is 0 Å². The second-order valence-corrected chi connectivity index (χ2v) is 4.72. The summed E-state index contributed by atoms with van der Waals surface area (Å²) in [6, 6.07) is 3.85. The Morgan fingerprint density at radius 2 is 2.33 bits per heavy atom. The van der Waals surface area contributed by atoms with Crippen LogP contribution < -0.4 is 0 Å². The van der Waals surface area contributed by atoms with Crippen LogP contribution in [-0.4, -0.2) is 5.78 Å². The molecule has 1 unspecified atom stereocenters. The summed E-state index contributed by atoms with van der Waals surface area (Å²) in [6.45, 7) is 3.57. The largest absolute Gasteiger partial charge is 0.300 e. The number of ketones is 1. The molecule has 0 aliphatic rings. The maximum Gasteiger partial charge on any atom is 0.132 e. The van der Waals surface area contributed by atoms with Gasteiger partial charge in [0.25, 0.3) is 0 Å². The number of hydrogen-bond acceptors (Lipinski definition) is 2. The van der Waals surface area contributed by atoms with Gasteiger partial charge in [0.2, 0.25) is 0 Å². The molecule has 1 aromatic heterocycles. The van der Waals surface area contributed by atoms with E-state index in [1.54, 1.807) is 18.3 Å². The molecule has 0 saturated heterocycles. The number of Topliss-reactive ketones (excluding diaryl/α,β-unsaturated/α-hetero) is 1. The van der Waals surface area contributed by atoms with Crippen molar-refractivity contribution in [1.82, 2.24) is 0 Å². The molecule has 3 heteroatoms. The van der Waals surface area contributed by atoms with Gasteiger partial charge in [-0.05, 0) is 25.5 Å². The van der Waals surface area contributed by atoms with Crippen LogP contribution in [0.25, 0.3) is 0 Å². The van der Waals surface area contributed by atoms with E-state index in [0.717, 1.165) is 10.8 Å². The zero-order chi connectivity index (χ0) is 9.14. The average molecular weight is 203 g/mol. The van der Waals surface area contributed by atoms with E-state index in [9.17, 15) is 4.79 Å². The zero-order valence-corrected chi connectivity index (χ0v) is 8.71. The molecule has 0 amide bonds. The molecule has 12 heavy (non-hydrogen) atoms. The summed E-state index contributed by atoms with van der Waals surface area (Å²) in [7, 11) is 0. The molecular weight excluding hydrogens is 192 g/mol. The Hall–Kier alpha value is -0.340. The Bertz CT molecular complexity index is 280. The van der Waals surface area contributed by atoms with Crippen LogP contribution in [-0.2, 0) is 11.2 Å². The van der Waals surface area contributed by atoms with E-state index in [2.05, 4.69) is 0 Å². The molecule has 0 aliphatic carbocycles. The lowest BCUT2D eigenvalue weighted by atomic mass is 10.0. The van der Waals surface area contributed by atoms with E-state index < -0.39 is 0 Å². The van der Waals surface area contributed by atoms with Gasteiger partial charge in [-0.15, -0.1) is 11.3 Å². The van der Waals surface area contributed by atoms with Gasteiger partial charge in [-0.3, -0.25) is 4.79 Å². The summed E-state index contributed by atoms with van der Waals surface area (Å²) in [5.41, 5.74) is 0. The lowest BCUT2D eigenvalue weighted by Gasteiger charge is -2.03. The first-order valence-corrected chi connectivity index (χ1v) is 5.03. The minimum atomic E-state index is 0.111. The minimum Gasteiger partial charge on any atom is -0.300 e. The van der Waals surface area contributed by atoms with E-state index in [4.69, 9.17) is 11.6 Å². The van der Waals surface area contributed by atoms with E-state index in [1.165, 1.54) is 4.88 Å². The lowest BCUT2D eigenvalue weighted by molar-refractivity contribution is -0.120. The molecule has 0 fully saturated rings. The molecule has 66 valence electrons. The summed E-state index contributed by atoms with van der Waals surface area (Å²) in [6.07, 6.45) is 0.812. The van der Waals surface area contributed by atoms with Crippen molar-refractivity contribution in [2.24, 2.45) is 5.92 Å². The predicted molar refractivity (Wildman–Crippen MR) is 52.9 cm³/mol. The normalized spacial score (nSPS) is 12.9. The first kappa shape index (κ1) is 9.75. The average Bonchev–Trinajstić information content (AvgIpc) is 2.35. The van der Waals surface area contributed by atoms with Crippen molar-refractivity contribution in [2.75, 3.05) is 0 Å². The topological polar surface area (TPSA) is 17.1 Å². The second kappa shape index (κ2) is 4.06. The predicted octanol–water partition coefficient (Wildman–Crippen LogP) is 3.17. The summed E-state index contributed by atoms with van der Waals surface area (Å²) in [5, 5.41) is 0. The summed E-state index contributed by atoms with van der Waals surface area (Å²) < 4.78 is 0.792. The standard InChI is InChI=1S/C9H11ClOS/c1-6(7(2)11)5-8-3-4-9(10)12-8/h3-4,6H,5H2,1-2H3. The number of carbonyl (C=O) groups is 1.